The summed E-state index contributed by atoms with van der Waals surface area (Å²) in [6.45, 7) is 2.64. The summed E-state index contributed by atoms with van der Waals surface area (Å²) >= 11 is 0. The van der Waals surface area contributed by atoms with E-state index in [-0.39, 0.29) is 11.9 Å². The highest BCUT2D eigenvalue weighted by atomic mass is 16.2. The zero-order valence-electron chi connectivity index (χ0n) is 18.3. The molecule has 32 heavy (non-hydrogen) atoms. The SMILES string of the molecule is CN(Cc1ccccc1N1CCCC1)C(=O)Nc1cccc(NC(=O)c2ccccc2)c1. The van der Waals surface area contributed by atoms with Crippen LogP contribution in [0, 0.1) is 0 Å². The van der Waals surface area contributed by atoms with E-state index in [9.17, 15) is 9.59 Å². The van der Waals surface area contributed by atoms with Gasteiger partial charge in [0.25, 0.3) is 5.91 Å². The summed E-state index contributed by atoms with van der Waals surface area (Å²) in [4.78, 5) is 29.3. The number of amides is 3. The van der Waals surface area contributed by atoms with Gasteiger partial charge in [-0.25, -0.2) is 4.79 Å². The number of carbonyl (C=O) groups excluding carboxylic acids is 2. The van der Waals surface area contributed by atoms with Gasteiger partial charge in [-0.2, -0.15) is 0 Å². The molecular formula is C26H28N4O2. The van der Waals surface area contributed by atoms with Gasteiger partial charge in [0.2, 0.25) is 0 Å². The summed E-state index contributed by atoms with van der Waals surface area (Å²) in [5, 5.41) is 5.80. The topological polar surface area (TPSA) is 64.7 Å². The van der Waals surface area contributed by atoms with E-state index in [1.54, 1.807) is 42.3 Å². The minimum atomic E-state index is -0.201. The van der Waals surface area contributed by atoms with Gasteiger partial charge in [-0.15, -0.1) is 0 Å². The molecule has 3 amide bonds. The number of hydrogen-bond acceptors (Lipinski definition) is 3. The number of benzene rings is 3. The summed E-state index contributed by atoms with van der Waals surface area (Å²) in [5.74, 6) is -0.190. The van der Waals surface area contributed by atoms with Crippen molar-refractivity contribution in [1.29, 1.82) is 0 Å². The zero-order chi connectivity index (χ0) is 22.3. The first-order valence-electron chi connectivity index (χ1n) is 10.9. The normalized spacial score (nSPS) is 13.0. The summed E-state index contributed by atoms with van der Waals surface area (Å²) in [7, 11) is 1.79. The second kappa shape index (κ2) is 10.0. The van der Waals surface area contributed by atoms with Crippen LogP contribution in [0.4, 0.5) is 21.9 Å². The smallest absolute Gasteiger partial charge is 0.321 e. The summed E-state index contributed by atoms with van der Waals surface area (Å²) < 4.78 is 0. The molecule has 3 aromatic carbocycles. The average molecular weight is 429 g/mol. The molecule has 2 N–H and O–H groups in total. The van der Waals surface area contributed by atoms with E-state index in [2.05, 4.69) is 27.7 Å². The molecule has 0 spiro atoms. The lowest BCUT2D eigenvalue weighted by molar-refractivity contribution is 0.102. The molecule has 0 aromatic heterocycles. The first-order chi connectivity index (χ1) is 15.6. The highest BCUT2D eigenvalue weighted by Gasteiger charge is 2.18. The van der Waals surface area contributed by atoms with E-state index in [1.165, 1.54) is 18.5 Å². The van der Waals surface area contributed by atoms with E-state index in [0.717, 1.165) is 18.7 Å². The van der Waals surface area contributed by atoms with Gasteiger partial charge >= 0.3 is 6.03 Å². The number of urea groups is 1. The molecule has 1 aliphatic rings. The minimum absolute atomic E-state index is 0.190. The van der Waals surface area contributed by atoms with Gasteiger partial charge in [-0.05, 0) is 54.8 Å². The number of nitrogens with zero attached hydrogens (tertiary/aromatic N) is 2. The first kappa shape index (κ1) is 21.4. The van der Waals surface area contributed by atoms with Gasteiger partial charge in [-0.1, -0.05) is 42.5 Å². The van der Waals surface area contributed by atoms with Crippen LogP contribution in [-0.2, 0) is 6.54 Å². The lowest BCUT2D eigenvalue weighted by Gasteiger charge is -2.24. The molecule has 1 aliphatic heterocycles. The Hall–Kier alpha value is -3.80. The lowest BCUT2D eigenvalue weighted by atomic mass is 10.1. The molecule has 1 saturated heterocycles. The molecule has 0 aliphatic carbocycles. The van der Waals surface area contributed by atoms with Gasteiger partial charge in [0.15, 0.2) is 0 Å². The molecule has 3 aromatic rings. The predicted octanol–water partition coefficient (Wildman–Crippen LogP) is 5.20. The van der Waals surface area contributed by atoms with Crippen molar-refractivity contribution in [2.24, 2.45) is 0 Å². The Labute approximate surface area is 188 Å². The van der Waals surface area contributed by atoms with Crippen LogP contribution >= 0.6 is 0 Å². The van der Waals surface area contributed by atoms with Crippen molar-refractivity contribution in [3.63, 3.8) is 0 Å². The average Bonchev–Trinajstić information content (AvgIpc) is 3.35. The molecule has 0 bridgehead atoms. The Balaban J connectivity index is 1.39. The van der Waals surface area contributed by atoms with Crippen LogP contribution in [0.5, 0.6) is 0 Å². The summed E-state index contributed by atoms with van der Waals surface area (Å²) in [5.41, 5.74) is 4.17. The van der Waals surface area contributed by atoms with Gasteiger partial charge in [0, 0.05) is 49.3 Å². The van der Waals surface area contributed by atoms with E-state index < -0.39 is 0 Å². The Morgan fingerprint density at radius 3 is 2.25 bits per heavy atom. The monoisotopic (exact) mass is 428 g/mol. The molecular weight excluding hydrogens is 400 g/mol. The van der Waals surface area contributed by atoms with Crippen molar-refractivity contribution < 1.29 is 9.59 Å². The largest absolute Gasteiger partial charge is 0.371 e. The maximum Gasteiger partial charge on any atom is 0.321 e. The van der Waals surface area contributed by atoms with Crippen molar-refractivity contribution in [3.05, 3.63) is 90.0 Å². The van der Waals surface area contributed by atoms with Crippen LogP contribution in [-0.4, -0.2) is 37.0 Å². The van der Waals surface area contributed by atoms with Crippen LogP contribution in [0.25, 0.3) is 0 Å². The van der Waals surface area contributed by atoms with Crippen molar-refractivity contribution in [2.45, 2.75) is 19.4 Å². The third-order valence-electron chi connectivity index (χ3n) is 5.60. The maximum absolute atomic E-state index is 12.8. The second-order valence-electron chi connectivity index (χ2n) is 8.01. The molecule has 6 heteroatoms. The highest BCUT2D eigenvalue weighted by Crippen LogP contribution is 2.25. The van der Waals surface area contributed by atoms with Gasteiger partial charge in [0.05, 0.1) is 0 Å². The summed E-state index contributed by atoms with van der Waals surface area (Å²) in [6, 6.07) is 24.3. The number of para-hydroxylation sites is 1. The predicted molar refractivity (Wildman–Crippen MR) is 129 cm³/mol. The number of hydrogen-bond donors (Lipinski definition) is 2. The van der Waals surface area contributed by atoms with E-state index in [1.807, 2.05) is 36.4 Å². The quantitative estimate of drug-likeness (QED) is 0.567. The van der Waals surface area contributed by atoms with Crippen LogP contribution in [0.2, 0.25) is 0 Å². The van der Waals surface area contributed by atoms with Crippen LogP contribution in [0.15, 0.2) is 78.9 Å². The van der Waals surface area contributed by atoms with Gasteiger partial charge in [-0.3, -0.25) is 4.79 Å². The first-order valence-corrected chi connectivity index (χ1v) is 10.9. The Morgan fingerprint density at radius 2 is 1.50 bits per heavy atom. The number of carbonyl (C=O) groups is 2. The van der Waals surface area contributed by atoms with Gasteiger partial charge in [0.1, 0.15) is 0 Å². The number of rotatable bonds is 6. The molecule has 6 nitrogen and oxygen atoms in total. The fourth-order valence-electron chi connectivity index (χ4n) is 3.92. The molecule has 0 unspecified atom stereocenters. The van der Waals surface area contributed by atoms with Crippen LogP contribution in [0.3, 0.4) is 0 Å². The van der Waals surface area contributed by atoms with E-state index in [0.29, 0.717) is 23.5 Å². The fourth-order valence-corrected chi connectivity index (χ4v) is 3.92. The fraction of sp³-hybridized carbons (Fsp3) is 0.231. The van der Waals surface area contributed by atoms with Crippen LogP contribution < -0.4 is 15.5 Å². The maximum atomic E-state index is 12.8. The molecule has 0 atom stereocenters. The Bertz CT molecular complexity index is 1080. The van der Waals surface area contributed by atoms with Crippen molar-refractivity contribution >= 4 is 29.0 Å². The summed E-state index contributed by atoms with van der Waals surface area (Å²) in [6.07, 6.45) is 2.42. The molecule has 164 valence electrons. The molecule has 4 rings (SSSR count). The third kappa shape index (κ3) is 5.27. The third-order valence-corrected chi connectivity index (χ3v) is 5.60. The Kier molecular flexibility index (Phi) is 6.70. The van der Waals surface area contributed by atoms with Crippen molar-refractivity contribution in [2.75, 3.05) is 35.7 Å². The lowest BCUT2D eigenvalue weighted by Crippen LogP contribution is -2.31. The standard InChI is InChI=1S/C26H28N4O2/c1-29(19-21-12-5-6-15-24(21)30-16-7-8-17-30)26(32)28-23-14-9-13-22(18-23)27-25(31)20-10-3-2-4-11-20/h2-6,9-15,18H,7-8,16-17,19H2,1H3,(H,27,31)(H,28,32). The van der Waals surface area contributed by atoms with E-state index >= 15 is 0 Å². The number of anilines is 3. The minimum Gasteiger partial charge on any atom is -0.371 e. The van der Waals surface area contributed by atoms with Gasteiger partial charge < -0.3 is 20.4 Å². The van der Waals surface area contributed by atoms with E-state index in [4.69, 9.17) is 0 Å². The number of nitrogens with one attached hydrogen (secondary N) is 2. The Morgan fingerprint density at radius 1 is 0.844 bits per heavy atom. The van der Waals surface area contributed by atoms with Crippen LogP contribution in [0.1, 0.15) is 28.8 Å². The molecule has 1 fully saturated rings. The molecule has 0 saturated carbocycles. The zero-order valence-corrected chi connectivity index (χ0v) is 18.3. The molecule has 1 heterocycles. The second-order valence-corrected chi connectivity index (χ2v) is 8.01. The van der Waals surface area contributed by atoms with Crippen molar-refractivity contribution in [3.8, 4) is 0 Å². The van der Waals surface area contributed by atoms with Crippen molar-refractivity contribution in [1.82, 2.24) is 4.90 Å². The molecule has 0 radical (unpaired) electrons. The highest BCUT2D eigenvalue weighted by molar-refractivity contribution is 6.04.